The van der Waals surface area contributed by atoms with Gasteiger partial charge in [0, 0.05) is 57.0 Å². The topological polar surface area (TPSA) is 197 Å². The number of nitro groups is 1. The number of nitriles is 1. The summed E-state index contributed by atoms with van der Waals surface area (Å²) in [6.07, 6.45) is 10.3. The second kappa shape index (κ2) is 17.8. The Hall–Kier alpha value is -4.47. The number of pyridine rings is 1. The molecule has 0 spiro atoms. The molecule has 16 nitrogen and oxygen atoms in total. The number of rotatable bonds is 14. The third-order valence-electron chi connectivity index (χ3n) is 10.3. The van der Waals surface area contributed by atoms with Gasteiger partial charge in [-0.25, -0.2) is 18.4 Å². The summed E-state index contributed by atoms with van der Waals surface area (Å²) >= 11 is 6.22. The number of amides is 1. The number of carbonyl (C=O) groups excluding carboxylic acids is 1. The number of nitrogens with one attached hydrogen (secondary N) is 1. The summed E-state index contributed by atoms with van der Waals surface area (Å²) in [4.78, 5) is 41.7. The van der Waals surface area contributed by atoms with Gasteiger partial charge in [-0.3, -0.25) is 19.9 Å². The summed E-state index contributed by atoms with van der Waals surface area (Å²) in [6.45, 7) is 4.23. The van der Waals surface area contributed by atoms with Gasteiger partial charge in [-0.05, 0) is 63.7 Å². The normalized spacial score (nSPS) is 18.5. The maximum Gasteiger partial charge on any atom is 0.274 e. The molecule has 2 saturated heterocycles. The van der Waals surface area contributed by atoms with Crippen molar-refractivity contribution in [3.63, 3.8) is 0 Å². The number of hydrogen-bond donors (Lipinski definition) is 1. The van der Waals surface area contributed by atoms with E-state index >= 15 is 0 Å². The fourth-order valence-electron chi connectivity index (χ4n) is 7.15. The minimum Gasteiger partial charge on any atom is -0.477 e. The summed E-state index contributed by atoms with van der Waals surface area (Å²) in [6, 6.07) is 9.58. The molecule has 1 amide bonds. The van der Waals surface area contributed by atoms with Gasteiger partial charge in [-0.15, -0.1) is 0 Å². The van der Waals surface area contributed by atoms with Crippen LogP contribution in [0.1, 0.15) is 62.1 Å². The van der Waals surface area contributed by atoms with Crippen LogP contribution in [0, 0.1) is 21.4 Å². The number of piperazine rings is 1. The predicted molar refractivity (Wildman–Crippen MR) is 201 cm³/mol. The number of piperidine rings is 1. The first-order valence-corrected chi connectivity index (χ1v) is 20.2. The van der Waals surface area contributed by atoms with Gasteiger partial charge in [0.1, 0.15) is 17.6 Å². The average Bonchev–Trinajstić information content (AvgIpc) is 3.19. The Morgan fingerprint density at radius 1 is 1.02 bits per heavy atom. The zero-order valence-corrected chi connectivity index (χ0v) is 31.5. The van der Waals surface area contributed by atoms with Gasteiger partial charge in [0.05, 0.1) is 58.6 Å². The maximum absolute atomic E-state index is 13.6. The van der Waals surface area contributed by atoms with Crippen LogP contribution >= 0.6 is 11.6 Å². The highest BCUT2D eigenvalue weighted by Crippen LogP contribution is 2.36. The Balaban J connectivity index is 0.897. The molecule has 0 unspecified atom stereocenters. The second-order valence-electron chi connectivity index (χ2n) is 13.8. The Bertz CT molecular complexity index is 1920. The first-order valence-electron chi connectivity index (χ1n) is 18.2. The molecule has 1 saturated carbocycles. The summed E-state index contributed by atoms with van der Waals surface area (Å²) in [7, 11) is -3.51. The van der Waals surface area contributed by atoms with Crippen molar-refractivity contribution in [1.82, 2.24) is 24.2 Å². The van der Waals surface area contributed by atoms with Crippen LogP contribution in [0.15, 0.2) is 48.9 Å². The van der Waals surface area contributed by atoms with E-state index < -0.39 is 20.5 Å². The van der Waals surface area contributed by atoms with Crippen molar-refractivity contribution >= 4 is 44.9 Å². The molecule has 1 aromatic carbocycles. The van der Waals surface area contributed by atoms with E-state index in [4.69, 9.17) is 21.1 Å². The van der Waals surface area contributed by atoms with Crippen LogP contribution in [-0.4, -0.2) is 114 Å². The molecule has 3 fully saturated rings. The lowest BCUT2D eigenvalue weighted by molar-refractivity contribution is -0.384. The number of aromatic nitrogens is 3. The predicted octanol–water partition coefficient (Wildman–Crippen LogP) is 4.37. The van der Waals surface area contributed by atoms with Gasteiger partial charge in [-0.2, -0.15) is 9.57 Å². The molecule has 3 aromatic rings. The second-order valence-corrected chi connectivity index (χ2v) is 16.2. The number of carbonyl (C=O) groups is 1. The van der Waals surface area contributed by atoms with Crippen LogP contribution in [-0.2, 0) is 19.6 Å². The molecule has 54 heavy (non-hydrogen) atoms. The first-order chi connectivity index (χ1) is 26.0. The fraction of sp³-hybridized carbons (Fsp3) is 0.528. The monoisotopic (exact) mass is 781 g/mol. The van der Waals surface area contributed by atoms with E-state index in [1.54, 1.807) is 30.6 Å². The van der Waals surface area contributed by atoms with E-state index in [0.717, 1.165) is 50.9 Å². The van der Waals surface area contributed by atoms with Crippen molar-refractivity contribution in [2.75, 3.05) is 75.0 Å². The lowest BCUT2D eigenvalue weighted by Crippen LogP contribution is -2.49. The van der Waals surface area contributed by atoms with Gasteiger partial charge in [0.2, 0.25) is 10.0 Å². The zero-order valence-electron chi connectivity index (χ0n) is 29.9. The van der Waals surface area contributed by atoms with Gasteiger partial charge >= 0.3 is 0 Å². The molecule has 3 aliphatic rings. The SMILES string of the molecule is N#Cc1ccc(OC2(C(=O)Nc3cnc(C4CCN(CCOCCS(=O)(=O)N5CCN(c6cc([N+](=O)[O-])ccn6)CC5)CC4)cn3)CCCCC2)cc1Cl. The zero-order chi connectivity index (χ0) is 38.1. The van der Waals surface area contributed by atoms with Crippen LogP contribution in [0.2, 0.25) is 5.02 Å². The number of sulfonamides is 1. The van der Waals surface area contributed by atoms with Crippen LogP contribution in [0.5, 0.6) is 5.75 Å². The summed E-state index contributed by atoms with van der Waals surface area (Å²) in [5, 5.41) is 23.5. The highest BCUT2D eigenvalue weighted by Gasteiger charge is 2.42. The lowest BCUT2D eigenvalue weighted by Gasteiger charge is -2.36. The molecule has 18 heteroatoms. The van der Waals surface area contributed by atoms with E-state index in [-0.39, 0.29) is 48.0 Å². The van der Waals surface area contributed by atoms with Crippen molar-refractivity contribution in [2.24, 2.45) is 0 Å². The van der Waals surface area contributed by atoms with Gasteiger partial charge in [-0.1, -0.05) is 18.0 Å². The summed E-state index contributed by atoms with van der Waals surface area (Å²) in [5.74, 6) is 1.09. The minimum atomic E-state index is -3.51. The maximum atomic E-state index is 13.6. The smallest absolute Gasteiger partial charge is 0.274 e. The standard InChI is InChI=1S/C36H44ClN9O7S/c37-31-23-30(5-4-28(31)24-38)53-36(9-2-1-3-10-36)35(47)42-33-26-40-32(25-41-33)27-7-12-43(13-8-27)18-19-52-20-21-54(50,51)45-16-14-44(15-17-45)34-22-29(46(48)49)6-11-39-34/h4-6,11,22-23,25-27H,1-3,7-10,12-21H2,(H,41,42,47). The van der Waals surface area contributed by atoms with E-state index in [1.165, 1.54) is 22.6 Å². The molecule has 1 N–H and O–H groups in total. The fourth-order valence-corrected chi connectivity index (χ4v) is 8.67. The average molecular weight is 782 g/mol. The first kappa shape index (κ1) is 39.2. The van der Waals surface area contributed by atoms with Crippen LogP contribution in [0.25, 0.3) is 0 Å². The lowest BCUT2D eigenvalue weighted by atomic mass is 9.83. The van der Waals surface area contributed by atoms with Gasteiger partial charge in [0.25, 0.3) is 11.6 Å². The molecule has 0 atom stereocenters. The molecule has 0 radical (unpaired) electrons. The Morgan fingerprint density at radius 2 is 1.78 bits per heavy atom. The van der Waals surface area contributed by atoms with E-state index in [9.17, 15) is 28.6 Å². The van der Waals surface area contributed by atoms with Crippen LogP contribution in [0.4, 0.5) is 17.3 Å². The van der Waals surface area contributed by atoms with Crippen LogP contribution in [0.3, 0.4) is 0 Å². The molecular weight excluding hydrogens is 738 g/mol. The minimum absolute atomic E-state index is 0.0513. The number of hydrogen-bond acceptors (Lipinski definition) is 13. The summed E-state index contributed by atoms with van der Waals surface area (Å²) < 4.78 is 39.3. The largest absolute Gasteiger partial charge is 0.477 e. The molecule has 6 rings (SSSR count). The number of benzene rings is 1. The quantitative estimate of drug-likeness (QED) is 0.138. The highest BCUT2D eigenvalue weighted by atomic mass is 35.5. The Morgan fingerprint density at radius 3 is 2.44 bits per heavy atom. The molecule has 2 aromatic heterocycles. The molecule has 1 aliphatic carbocycles. The number of halogens is 1. The van der Waals surface area contributed by atoms with Crippen LogP contribution < -0.4 is 15.0 Å². The molecule has 4 heterocycles. The van der Waals surface area contributed by atoms with Gasteiger partial charge < -0.3 is 24.6 Å². The van der Waals surface area contributed by atoms with Crippen molar-refractivity contribution in [3.8, 4) is 11.8 Å². The van der Waals surface area contributed by atoms with Crippen molar-refractivity contribution in [2.45, 2.75) is 56.5 Å². The van der Waals surface area contributed by atoms with Crippen molar-refractivity contribution in [1.29, 1.82) is 5.26 Å². The third kappa shape index (κ3) is 9.79. The number of anilines is 2. The van der Waals surface area contributed by atoms with Gasteiger partial charge in [0.15, 0.2) is 11.4 Å². The molecule has 2 aliphatic heterocycles. The summed E-state index contributed by atoms with van der Waals surface area (Å²) in [5.41, 5.74) is 0.0818. The number of likely N-dealkylation sites (tertiary alicyclic amines) is 1. The highest BCUT2D eigenvalue weighted by molar-refractivity contribution is 7.89. The number of nitrogens with zero attached hydrogens (tertiary/aromatic N) is 8. The molecule has 0 bridgehead atoms. The van der Waals surface area contributed by atoms with Crippen molar-refractivity contribution in [3.05, 3.63) is 75.3 Å². The third-order valence-corrected chi connectivity index (χ3v) is 12.4. The Labute approximate surface area is 319 Å². The molecule has 288 valence electrons. The van der Waals surface area contributed by atoms with Crippen molar-refractivity contribution < 1.29 is 27.6 Å². The van der Waals surface area contributed by atoms with E-state index in [0.29, 0.717) is 62.0 Å². The van der Waals surface area contributed by atoms with E-state index in [1.807, 2.05) is 11.0 Å². The molecular formula is C36H44ClN9O7S. The Kier molecular flexibility index (Phi) is 12.9. The van der Waals surface area contributed by atoms with E-state index in [2.05, 4.69) is 25.2 Å². The number of ether oxygens (including phenoxy) is 2.